The van der Waals surface area contributed by atoms with Crippen LogP contribution in [-0.2, 0) is 4.74 Å². The predicted molar refractivity (Wildman–Crippen MR) is 38.4 cm³/mol. The van der Waals surface area contributed by atoms with Gasteiger partial charge in [0.2, 0.25) is 0 Å². The van der Waals surface area contributed by atoms with E-state index in [2.05, 4.69) is 6.07 Å². The Hall–Kier alpha value is -0.550. The molecule has 0 radical (unpaired) electrons. The lowest BCUT2D eigenvalue weighted by Crippen LogP contribution is -2.33. The van der Waals surface area contributed by atoms with Crippen molar-refractivity contribution in [3.8, 4) is 6.07 Å². The van der Waals surface area contributed by atoms with Gasteiger partial charge in [0, 0.05) is 6.61 Å². The SMILES string of the molecule is CC1(C)C[C@@H](C#N)CCO1. The fourth-order valence-electron chi connectivity index (χ4n) is 1.34. The summed E-state index contributed by atoms with van der Waals surface area (Å²) in [4.78, 5) is 0. The second-order valence-electron chi connectivity index (χ2n) is 3.43. The number of ether oxygens (including phenoxy) is 1. The summed E-state index contributed by atoms with van der Waals surface area (Å²) in [6.45, 7) is 4.82. The molecule has 0 unspecified atom stereocenters. The third kappa shape index (κ3) is 1.71. The van der Waals surface area contributed by atoms with Gasteiger partial charge in [-0.3, -0.25) is 0 Å². The molecule has 0 spiro atoms. The van der Waals surface area contributed by atoms with E-state index in [-0.39, 0.29) is 11.5 Å². The van der Waals surface area contributed by atoms with Crippen LogP contribution in [-0.4, -0.2) is 12.2 Å². The van der Waals surface area contributed by atoms with E-state index in [0.717, 1.165) is 19.4 Å². The summed E-state index contributed by atoms with van der Waals surface area (Å²) in [6, 6.07) is 2.28. The lowest BCUT2D eigenvalue weighted by atomic mass is 9.90. The number of rotatable bonds is 0. The van der Waals surface area contributed by atoms with E-state index in [1.165, 1.54) is 0 Å². The van der Waals surface area contributed by atoms with Gasteiger partial charge in [0.05, 0.1) is 17.6 Å². The molecule has 0 aromatic rings. The topological polar surface area (TPSA) is 33.0 Å². The van der Waals surface area contributed by atoms with Gasteiger partial charge in [-0.2, -0.15) is 5.26 Å². The quantitative estimate of drug-likeness (QED) is 0.512. The van der Waals surface area contributed by atoms with Crippen LogP contribution in [0.25, 0.3) is 0 Å². The molecule has 1 aliphatic rings. The number of hydrogen-bond acceptors (Lipinski definition) is 2. The molecule has 0 N–H and O–H groups in total. The summed E-state index contributed by atoms with van der Waals surface area (Å²) in [6.07, 6.45) is 1.78. The van der Waals surface area contributed by atoms with Crippen molar-refractivity contribution in [1.82, 2.24) is 0 Å². The van der Waals surface area contributed by atoms with Crippen molar-refractivity contribution in [2.45, 2.75) is 32.3 Å². The van der Waals surface area contributed by atoms with E-state index < -0.39 is 0 Å². The zero-order valence-electron chi connectivity index (χ0n) is 6.55. The van der Waals surface area contributed by atoms with Crippen LogP contribution in [0.3, 0.4) is 0 Å². The highest BCUT2D eigenvalue weighted by Crippen LogP contribution is 2.27. The molecule has 1 fully saturated rings. The van der Waals surface area contributed by atoms with Gasteiger partial charge in [-0.1, -0.05) is 0 Å². The van der Waals surface area contributed by atoms with E-state index in [1.54, 1.807) is 0 Å². The molecule has 1 saturated heterocycles. The summed E-state index contributed by atoms with van der Waals surface area (Å²) < 4.78 is 5.45. The first-order valence-corrected chi connectivity index (χ1v) is 3.68. The molecule has 56 valence electrons. The molecule has 0 aliphatic carbocycles. The first-order chi connectivity index (χ1) is 4.64. The molecule has 10 heavy (non-hydrogen) atoms. The second kappa shape index (κ2) is 2.59. The zero-order chi connectivity index (χ0) is 7.61. The third-order valence-corrected chi connectivity index (χ3v) is 1.88. The Bertz CT molecular complexity index is 157. The summed E-state index contributed by atoms with van der Waals surface area (Å²) >= 11 is 0. The Morgan fingerprint density at radius 1 is 1.60 bits per heavy atom. The van der Waals surface area contributed by atoms with E-state index in [1.807, 2.05) is 13.8 Å². The standard InChI is InChI=1S/C8H13NO/c1-8(2)5-7(6-9)3-4-10-8/h7H,3-5H2,1-2H3/t7-/m0/s1. The van der Waals surface area contributed by atoms with E-state index in [4.69, 9.17) is 10.00 Å². The molecule has 1 rings (SSSR count). The van der Waals surface area contributed by atoms with E-state index in [0.29, 0.717) is 0 Å². The van der Waals surface area contributed by atoms with Gasteiger partial charge in [0.1, 0.15) is 0 Å². The van der Waals surface area contributed by atoms with Crippen LogP contribution in [0.4, 0.5) is 0 Å². The summed E-state index contributed by atoms with van der Waals surface area (Å²) in [7, 11) is 0. The first kappa shape index (κ1) is 7.56. The first-order valence-electron chi connectivity index (χ1n) is 3.68. The minimum Gasteiger partial charge on any atom is -0.375 e. The molecule has 1 heterocycles. The van der Waals surface area contributed by atoms with Crippen LogP contribution in [0.1, 0.15) is 26.7 Å². The van der Waals surface area contributed by atoms with Gasteiger partial charge in [-0.05, 0) is 26.7 Å². The molecular weight excluding hydrogens is 126 g/mol. The van der Waals surface area contributed by atoms with Crippen LogP contribution in [0, 0.1) is 17.2 Å². The molecule has 0 aromatic heterocycles. The minimum atomic E-state index is -0.0708. The molecule has 0 amide bonds. The second-order valence-corrected chi connectivity index (χ2v) is 3.43. The fraction of sp³-hybridized carbons (Fsp3) is 0.875. The molecule has 2 heteroatoms. The Kier molecular flexibility index (Phi) is 1.96. The highest BCUT2D eigenvalue weighted by Gasteiger charge is 2.28. The minimum absolute atomic E-state index is 0.0708. The average Bonchev–Trinajstić information content (AvgIpc) is 1.86. The lowest BCUT2D eigenvalue weighted by molar-refractivity contribution is -0.0633. The van der Waals surface area contributed by atoms with Gasteiger partial charge in [0.25, 0.3) is 0 Å². The van der Waals surface area contributed by atoms with Gasteiger partial charge in [0.15, 0.2) is 0 Å². The molecule has 0 aromatic carbocycles. The van der Waals surface area contributed by atoms with Crippen LogP contribution in [0.5, 0.6) is 0 Å². The monoisotopic (exact) mass is 139 g/mol. The maximum absolute atomic E-state index is 8.62. The van der Waals surface area contributed by atoms with Crippen molar-refractivity contribution in [2.24, 2.45) is 5.92 Å². The zero-order valence-corrected chi connectivity index (χ0v) is 6.55. The van der Waals surface area contributed by atoms with Crippen molar-refractivity contribution in [3.05, 3.63) is 0 Å². The molecular formula is C8H13NO. The van der Waals surface area contributed by atoms with Crippen LogP contribution in [0.2, 0.25) is 0 Å². The van der Waals surface area contributed by atoms with E-state index in [9.17, 15) is 0 Å². The Labute approximate surface area is 61.8 Å². The maximum Gasteiger partial charge on any atom is 0.0657 e. The third-order valence-electron chi connectivity index (χ3n) is 1.88. The summed E-state index contributed by atoms with van der Waals surface area (Å²) in [5, 5.41) is 8.62. The fourth-order valence-corrected chi connectivity index (χ4v) is 1.34. The van der Waals surface area contributed by atoms with E-state index >= 15 is 0 Å². The van der Waals surface area contributed by atoms with Crippen molar-refractivity contribution in [3.63, 3.8) is 0 Å². The molecule has 1 aliphatic heterocycles. The summed E-state index contributed by atoms with van der Waals surface area (Å²) in [5.74, 6) is 0.212. The smallest absolute Gasteiger partial charge is 0.0657 e. The Balaban J connectivity index is 2.49. The molecule has 0 saturated carbocycles. The highest BCUT2D eigenvalue weighted by molar-refractivity contribution is 4.90. The van der Waals surface area contributed by atoms with Crippen molar-refractivity contribution in [1.29, 1.82) is 5.26 Å². The maximum atomic E-state index is 8.62. The van der Waals surface area contributed by atoms with Crippen LogP contribution >= 0.6 is 0 Å². The van der Waals surface area contributed by atoms with Crippen molar-refractivity contribution >= 4 is 0 Å². The van der Waals surface area contributed by atoms with Crippen molar-refractivity contribution < 1.29 is 4.74 Å². The number of hydrogen-bond donors (Lipinski definition) is 0. The highest BCUT2D eigenvalue weighted by atomic mass is 16.5. The van der Waals surface area contributed by atoms with Gasteiger partial charge < -0.3 is 4.74 Å². The Morgan fingerprint density at radius 2 is 2.30 bits per heavy atom. The number of nitrogens with zero attached hydrogens (tertiary/aromatic N) is 1. The van der Waals surface area contributed by atoms with Crippen LogP contribution < -0.4 is 0 Å². The summed E-state index contributed by atoms with van der Waals surface area (Å²) in [5.41, 5.74) is -0.0708. The van der Waals surface area contributed by atoms with Gasteiger partial charge in [-0.15, -0.1) is 0 Å². The molecule has 2 nitrogen and oxygen atoms in total. The molecule has 1 atom stereocenters. The van der Waals surface area contributed by atoms with Crippen LogP contribution in [0.15, 0.2) is 0 Å². The lowest BCUT2D eigenvalue weighted by Gasteiger charge is -2.32. The average molecular weight is 139 g/mol. The Morgan fingerprint density at radius 3 is 2.70 bits per heavy atom. The predicted octanol–water partition coefficient (Wildman–Crippen LogP) is 1.72. The van der Waals surface area contributed by atoms with Gasteiger partial charge >= 0.3 is 0 Å². The van der Waals surface area contributed by atoms with Crippen molar-refractivity contribution in [2.75, 3.05) is 6.61 Å². The van der Waals surface area contributed by atoms with Gasteiger partial charge in [-0.25, -0.2) is 0 Å². The molecule has 0 bridgehead atoms. The largest absolute Gasteiger partial charge is 0.375 e. The number of nitriles is 1. The normalized spacial score (nSPS) is 31.1.